The number of nitrogens with zero attached hydrogens (tertiary/aromatic N) is 3. The minimum absolute atomic E-state index is 0.285. The second kappa shape index (κ2) is 12.0. The second-order valence-corrected chi connectivity index (χ2v) is 8.53. The summed E-state index contributed by atoms with van der Waals surface area (Å²) in [6.45, 7) is 12.4. The second-order valence-electron chi connectivity index (χ2n) is 8.53. The fourth-order valence-electron chi connectivity index (χ4n) is 3.73. The van der Waals surface area contributed by atoms with E-state index < -0.39 is 6.10 Å². The standard InChI is InChI=1S/C27H37N3O3/c1-6-21(4)29(17-24(31)19-32-7-2)18-26-22(5)28-30(23-11-9-8-10-12-23)27(26)33-25-15-13-20(3)14-16-25/h8-16,21,24,31H,6-7,17-19H2,1-5H3/t21-,24+/m1/s1. The van der Waals surface area contributed by atoms with Crippen molar-refractivity contribution in [3.05, 3.63) is 71.4 Å². The summed E-state index contributed by atoms with van der Waals surface area (Å²) in [5.41, 5.74) is 4.05. The highest BCUT2D eigenvalue weighted by atomic mass is 16.5. The van der Waals surface area contributed by atoms with Gasteiger partial charge in [0.1, 0.15) is 5.75 Å². The van der Waals surface area contributed by atoms with Crippen molar-refractivity contribution in [2.45, 2.75) is 59.7 Å². The summed E-state index contributed by atoms with van der Waals surface area (Å²) in [6, 6.07) is 18.4. The van der Waals surface area contributed by atoms with Crippen LogP contribution < -0.4 is 4.74 Å². The molecule has 0 fully saturated rings. The predicted molar refractivity (Wildman–Crippen MR) is 132 cm³/mol. The number of rotatable bonds is 12. The van der Waals surface area contributed by atoms with Crippen molar-refractivity contribution in [3.8, 4) is 17.3 Å². The Kier molecular flexibility index (Phi) is 9.06. The van der Waals surface area contributed by atoms with Crippen LogP contribution in [0.4, 0.5) is 0 Å². The van der Waals surface area contributed by atoms with Crippen LogP contribution >= 0.6 is 0 Å². The van der Waals surface area contributed by atoms with E-state index in [-0.39, 0.29) is 6.04 Å². The van der Waals surface area contributed by atoms with Crippen LogP contribution in [0.15, 0.2) is 54.6 Å². The largest absolute Gasteiger partial charge is 0.439 e. The van der Waals surface area contributed by atoms with Crippen molar-refractivity contribution in [1.82, 2.24) is 14.7 Å². The first kappa shape index (κ1) is 25.0. The molecule has 0 saturated carbocycles. The minimum Gasteiger partial charge on any atom is -0.439 e. The first-order chi connectivity index (χ1) is 15.9. The van der Waals surface area contributed by atoms with Gasteiger partial charge in [0.05, 0.1) is 29.7 Å². The highest BCUT2D eigenvalue weighted by molar-refractivity contribution is 5.43. The molecule has 178 valence electrons. The molecule has 1 N–H and O–H groups in total. The summed E-state index contributed by atoms with van der Waals surface area (Å²) in [6.07, 6.45) is 0.423. The Hall–Kier alpha value is -2.67. The quantitative estimate of drug-likeness (QED) is 0.406. The molecule has 0 radical (unpaired) electrons. The van der Waals surface area contributed by atoms with Crippen LogP contribution in [-0.4, -0.2) is 51.7 Å². The molecular weight excluding hydrogens is 414 g/mol. The van der Waals surface area contributed by atoms with Crippen LogP contribution in [-0.2, 0) is 11.3 Å². The summed E-state index contributed by atoms with van der Waals surface area (Å²) >= 11 is 0. The molecule has 2 atom stereocenters. The van der Waals surface area contributed by atoms with E-state index in [4.69, 9.17) is 14.6 Å². The molecule has 0 bridgehead atoms. The normalized spacial score (nSPS) is 13.3. The first-order valence-electron chi connectivity index (χ1n) is 11.8. The number of aryl methyl sites for hydroxylation is 2. The van der Waals surface area contributed by atoms with Gasteiger partial charge in [-0.1, -0.05) is 42.8 Å². The summed E-state index contributed by atoms with van der Waals surface area (Å²) in [5, 5.41) is 15.4. The molecule has 6 heteroatoms. The van der Waals surface area contributed by atoms with Gasteiger partial charge in [-0.2, -0.15) is 5.10 Å². The van der Waals surface area contributed by atoms with Gasteiger partial charge in [-0.05, 0) is 58.4 Å². The number of para-hydroxylation sites is 1. The van der Waals surface area contributed by atoms with E-state index in [2.05, 4.69) is 25.7 Å². The van der Waals surface area contributed by atoms with E-state index >= 15 is 0 Å². The van der Waals surface area contributed by atoms with E-state index in [0.717, 1.165) is 29.1 Å². The monoisotopic (exact) mass is 451 g/mol. The average Bonchev–Trinajstić information content (AvgIpc) is 3.13. The third-order valence-corrected chi connectivity index (χ3v) is 5.91. The van der Waals surface area contributed by atoms with Gasteiger partial charge in [-0.3, -0.25) is 4.90 Å². The number of aliphatic hydroxyl groups excluding tert-OH is 1. The van der Waals surface area contributed by atoms with E-state index in [1.54, 1.807) is 0 Å². The zero-order chi connectivity index (χ0) is 23.8. The molecule has 0 aliphatic rings. The average molecular weight is 452 g/mol. The Labute approximate surface area is 197 Å². The predicted octanol–water partition coefficient (Wildman–Crippen LogP) is 5.28. The van der Waals surface area contributed by atoms with Gasteiger partial charge in [-0.25, -0.2) is 4.68 Å². The van der Waals surface area contributed by atoms with Crippen LogP contribution in [0.25, 0.3) is 5.69 Å². The van der Waals surface area contributed by atoms with Crippen molar-refractivity contribution in [2.24, 2.45) is 0 Å². The Balaban J connectivity index is 1.97. The van der Waals surface area contributed by atoms with Crippen LogP contribution in [0.3, 0.4) is 0 Å². The van der Waals surface area contributed by atoms with Crippen LogP contribution in [0, 0.1) is 13.8 Å². The Bertz CT molecular complexity index is 986. The zero-order valence-corrected chi connectivity index (χ0v) is 20.5. The lowest BCUT2D eigenvalue weighted by Crippen LogP contribution is -2.40. The number of aliphatic hydroxyl groups is 1. The number of hydrogen-bond donors (Lipinski definition) is 1. The number of aromatic nitrogens is 2. The maximum Gasteiger partial charge on any atom is 0.227 e. The third-order valence-electron chi connectivity index (χ3n) is 5.91. The first-order valence-corrected chi connectivity index (χ1v) is 11.8. The molecule has 2 aromatic carbocycles. The van der Waals surface area contributed by atoms with Gasteiger partial charge < -0.3 is 14.6 Å². The van der Waals surface area contributed by atoms with Crippen LogP contribution in [0.5, 0.6) is 11.6 Å². The fourth-order valence-corrected chi connectivity index (χ4v) is 3.73. The molecule has 3 aromatic rings. The summed E-state index contributed by atoms with van der Waals surface area (Å²) < 4.78 is 13.8. The van der Waals surface area contributed by atoms with Crippen LogP contribution in [0.2, 0.25) is 0 Å². The van der Waals surface area contributed by atoms with Gasteiger partial charge in [0.15, 0.2) is 0 Å². The van der Waals surface area contributed by atoms with Crippen molar-refractivity contribution in [2.75, 3.05) is 19.8 Å². The molecule has 0 aliphatic carbocycles. The van der Waals surface area contributed by atoms with E-state index in [9.17, 15) is 5.11 Å². The van der Waals surface area contributed by atoms with Gasteiger partial charge in [0.2, 0.25) is 5.88 Å². The maximum atomic E-state index is 10.5. The van der Waals surface area contributed by atoms with Crippen molar-refractivity contribution in [1.29, 1.82) is 0 Å². The van der Waals surface area contributed by atoms with Gasteiger partial charge >= 0.3 is 0 Å². The SMILES string of the molecule is CCOC[C@@H](O)CN(Cc1c(C)nn(-c2ccccc2)c1Oc1ccc(C)cc1)[C@H](C)CC. The van der Waals surface area contributed by atoms with Gasteiger partial charge in [-0.15, -0.1) is 0 Å². The van der Waals surface area contributed by atoms with Gasteiger partial charge in [0, 0.05) is 25.7 Å². The summed E-state index contributed by atoms with van der Waals surface area (Å²) in [5.74, 6) is 1.47. The maximum absolute atomic E-state index is 10.5. The molecule has 0 unspecified atom stereocenters. The van der Waals surface area contributed by atoms with E-state index in [1.807, 2.05) is 73.1 Å². The Morgan fingerprint density at radius 3 is 2.36 bits per heavy atom. The molecule has 0 spiro atoms. The van der Waals surface area contributed by atoms with Crippen molar-refractivity contribution in [3.63, 3.8) is 0 Å². The lowest BCUT2D eigenvalue weighted by atomic mass is 10.1. The molecule has 0 saturated heterocycles. The molecular formula is C27H37N3O3. The molecule has 6 nitrogen and oxygen atoms in total. The van der Waals surface area contributed by atoms with E-state index in [1.165, 1.54) is 5.56 Å². The Morgan fingerprint density at radius 2 is 1.73 bits per heavy atom. The molecule has 0 amide bonds. The Morgan fingerprint density at radius 1 is 1.03 bits per heavy atom. The third kappa shape index (κ3) is 6.67. The topological polar surface area (TPSA) is 59.8 Å². The van der Waals surface area contributed by atoms with Crippen molar-refractivity contribution < 1.29 is 14.6 Å². The van der Waals surface area contributed by atoms with Crippen molar-refractivity contribution >= 4 is 0 Å². The molecule has 0 aliphatic heterocycles. The smallest absolute Gasteiger partial charge is 0.227 e. The molecule has 1 aromatic heterocycles. The number of benzene rings is 2. The van der Waals surface area contributed by atoms with Gasteiger partial charge in [0.25, 0.3) is 0 Å². The highest BCUT2D eigenvalue weighted by Crippen LogP contribution is 2.32. The fraction of sp³-hybridized carbons (Fsp3) is 0.444. The van der Waals surface area contributed by atoms with Crippen LogP contribution in [0.1, 0.15) is 44.0 Å². The molecule has 33 heavy (non-hydrogen) atoms. The number of ether oxygens (including phenoxy) is 2. The molecule has 1 heterocycles. The summed E-state index contributed by atoms with van der Waals surface area (Å²) in [7, 11) is 0. The van der Waals surface area contributed by atoms with E-state index in [0.29, 0.717) is 32.2 Å². The lowest BCUT2D eigenvalue weighted by Gasteiger charge is -2.30. The molecule has 3 rings (SSSR count). The minimum atomic E-state index is -0.551. The lowest BCUT2D eigenvalue weighted by molar-refractivity contribution is 0.0111. The summed E-state index contributed by atoms with van der Waals surface area (Å²) in [4.78, 5) is 2.28. The highest BCUT2D eigenvalue weighted by Gasteiger charge is 2.24. The zero-order valence-electron chi connectivity index (χ0n) is 20.5. The number of hydrogen-bond acceptors (Lipinski definition) is 5.